The molecule has 0 spiro atoms. The molecule has 5 heteroatoms. The minimum Gasteiger partial charge on any atom is -0.251 e. The number of unbranched alkanes of at least 4 members (excludes halogenated alkanes) is 2. The summed E-state index contributed by atoms with van der Waals surface area (Å²) in [6, 6.07) is 0. The monoisotopic (exact) mass is 211 g/mol. The van der Waals surface area contributed by atoms with Crippen LogP contribution >= 0.6 is 0 Å². The van der Waals surface area contributed by atoms with Crippen LogP contribution < -0.4 is 5.14 Å². The van der Waals surface area contributed by atoms with Gasteiger partial charge in [-0.15, -0.1) is 0 Å². The topological polar surface area (TPSA) is 60.2 Å². The highest BCUT2D eigenvalue weighted by molar-refractivity contribution is 7.89. The SMILES string of the molecule is CCCCCC(CCF)S(N)(=O)=O. The molecule has 0 aliphatic heterocycles. The van der Waals surface area contributed by atoms with Crippen LogP contribution in [0.3, 0.4) is 0 Å². The largest absolute Gasteiger partial charge is 0.251 e. The first-order valence-electron chi connectivity index (χ1n) is 4.60. The first kappa shape index (κ1) is 12.8. The van der Waals surface area contributed by atoms with Gasteiger partial charge < -0.3 is 0 Å². The zero-order chi connectivity index (χ0) is 10.3. The number of halogens is 1. The van der Waals surface area contributed by atoms with Crippen molar-refractivity contribution in [1.82, 2.24) is 0 Å². The quantitative estimate of drug-likeness (QED) is 0.650. The Hall–Kier alpha value is -0.160. The zero-order valence-electron chi connectivity index (χ0n) is 8.00. The maximum absolute atomic E-state index is 12.0. The summed E-state index contributed by atoms with van der Waals surface area (Å²) in [5.41, 5.74) is 0. The van der Waals surface area contributed by atoms with Crippen LogP contribution in [0.15, 0.2) is 0 Å². The van der Waals surface area contributed by atoms with E-state index >= 15 is 0 Å². The summed E-state index contributed by atoms with van der Waals surface area (Å²) in [4.78, 5) is 0. The van der Waals surface area contributed by atoms with Crippen LogP contribution in [0.25, 0.3) is 0 Å². The molecule has 0 aromatic heterocycles. The van der Waals surface area contributed by atoms with Crippen molar-refractivity contribution < 1.29 is 12.8 Å². The second-order valence-corrected chi connectivity index (χ2v) is 5.03. The highest BCUT2D eigenvalue weighted by Crippen LogP contribution is 2.12. The number of sulfonamides is 1. The van der Waals surface area contributed by atoms with Gasteiger partial charge in [0.15, 0.2) is 0 Å². The molecule has 0 amide bonds. The van der Waals surface area contributed by atoms with Gasteiger partial charge in [0, 0.05) is 0 Å². The van der Waals surface area contributed by atoms with Crippen molar-refractivity contribution in [1.29, 1.82) is 0 Å². The molecule has 2 N–H and O–H groups in total. The molecule has 0 saturated heterocycles. The van der Waals surface area contributed by atoms with E-state index in [0.29, 0.717) is 6.42 Å². The number of hydrogen-bond donors (Lipinski definition) is 1. The molecule has 0 radical (unpaired) electrons. The summed E-state index contributed by atoms with van der Waals surface area (Å²) in [7, 11) is -3.55. The highest BCUT2D eigenvalue weighted by Gasteiger charge is 2.20. The molecule has 0 aliphatic rings. The van der Waals surface area contributed by atoms with Gasteiger partial charge in [0.25, 0.3) is 0 Å². The molecule has 13 heavy (non-hydrogen) atoms. The number of primary sulfonamides is 1. The van der Waals surface area contributed by atoms with Crippen molar-refractivity contribution in [2.24, 2.45) is 5.14 Å². The van der Waals surface area contributed by atoms with Gasteiger partial charge >= 0.3 is 0 Å². The van der Waals surface area contributed by atoms with Crippen molar-refractivity contribution in [3.05, 3.63) is 0 Å². The van der Waals surface area contributed by atoms with Crippen molar-refractivity contribution in [2.45, 2.75) is 44.3 Å². The average molecular weight is 211 g/mol. The fraction of sp³-hybridized carbons (Fsp3) is 1.00. The van der Waals surface area contributed by atoms with E-state index < -0.39 is 21.9 Å². The average Bonchev–Trinajstić information content (AvgIpc) is 2.01. The molecule has 3 nitrogen and oxygen atoms in total. The number of hydrogen-bond acceptors (Lipinski definition) is 2. The summed E-state index contributed by atoms with van der Waals surface area (Å²) in [6.45, 7) is 1.41. The summed E-state index contributed by atoms with van der Waals surface area (Å²) >= 11 is 0. The van der Waals surface area contributed by atoms with Gasteiger partial charge in [0.05, 0.1) is 11.9 Å². The number of rotatable bonds is 7. The summed E-state index contributed by atoms with van der Waals surface area (Å²) in [6.07, 6.45) is 3.31. The van der Waals surface area contributed by atoms with Gasteiger partial charge in [-0.05, 0) is 12.8 Å². The van der Waals surface area contributed by atoms with Crippen LogP contribution in [-0.2, 0) is 10.0 Å². The highest BCUT2D eigenvalue weighted by atomic mass is 32.2. The Labute approximate surface area is 79.6 Å². The van der Waals surface area contributed by atoms with Crippen molar-refractivity contribution in [3.8, 4) is 0 Å². The first-order chi connectivity index (χ1) is 6.02. The lowest BCUT2D eigenvalue weighted by Crippen LogP contribution is -2.29. The summed E-state index contributed by atoms with van der Waals surface area (Å²) < 4.78 is 33.8. The summed E-state index contributed by atoms with van der Waals surface area (Å²) in [5.74, 6) is 0. The second kappa shape index (κ2) is 6.32. The first-order valence-corrected chi connectivity index (χ1v) is 6.21. The van der Waals surface area contributed by atoms with E-state index in [-0.39, 0.29) is 6.42 Å². The lowest BCUT2D eigenvalue weighted by Gasteiger charge is -2.11. The maximum Gasteiger partial charge on any atom is 0.212 e. The molecule has 80 valence electrons. The molecular weight excluding hydrogens is 193 g/mol. The third-order valence-electron chi connectivity index (χ3n) is 2.03. The predicted molar refractivity (Wildman–Crippen MR) is 51.6 cm³/mol. The van der Waals surface area contributed by atoms with E-state index in [9.17, 15) is 12.8 Å². The molecule has 1 unspecified atom stereocenters. The van der Waals surface area contributed by atoms with Crippen LogP contribution in [0.1, 0.15) is 39.0 Å². The van der Waals surface area contributed by atoms with Crippen LogP contribution in [-0.4, -0.2) is 20.3 Å². The third kappa shape index (κ3) is 5.99. The van der Waals surface area contributed by atoms with Crippen molar-refractivity contribution in [3.63, 3.8) is 0 Å². The van der Waals surface area contributed by atoms with Gasteiger partial charge in [0.2, 0.25) is 10.0 Å². The molecule has 0 aliphatic carbocycles. The number of nitrogens with two attached hydrogens (primary N) is 1. The van der Waals surface area contributed by atoms with Gasteiger partial charge in [-0.25, -0.2) is 13.6 Å². The van der Waals surface area contributed by atoms with Crippen LogP contribution in [0, 0.1) is 0 Å². The van der Waals surface area contributed by atoms with E-state index in [2.05, 4.69) is 0 Å². The Kier molecular flexibility index (Phi) is 6.24. The molecule has 0 bridgehead atoms. The molecule has 0 aromatic carbocycles. The minimum atomic E-state index is -3.55. The Morgan fingerprint density at radius 3 is 2.31 bits per heavy atom. The second-order valence-electron chi connectivity index (χ2n) is 3.18. The van der Waals surface area contributed by atoms with Crippen LogP contribution in [0.4, 0.5) is 4.39 Å². The maximum atomic E-state index is 12.0. The van der Waals surface area contributed by atoms with E-state index in [1.165, 1.54) is 0 Å². The normalized spacial score (nSPS) is 14.4. The Morgan fingerprint density at radius 2 is 1.92 bits per heavy atom. The van der Waals surface area contributed by atoms with Gasteiger partial charge in [-0.1, -0.05) is 26.2 Å². The predicted octanol–water partition coefficient (Wildman–Crippen LogP) is 1.58. The Bertz CT molecular complexity index is 216. The van der Waals surface area contributed by atoms with Gasteiger partial charge in [-0.2, -0.15) is 0 Å². The molecule has 0 saturated carbocycles. The van der Waals surface area contributed by atoms with Gasteiger partial charge in [0.1, 0.15) is 0 Å². The lowest BCUT2D eigenvalue weighted by atomic mass is 10.1. The molecule has 0 aromatic rings. The van der Waals surface area contributed by atoms with E-state index in [4.69, 9.17) is 5.14 Å². The van der Waals surface area contributed by atoms with Gasteiger partial charge in [-0.3, -0.25) is 4.39 Å². The van der Waals surface area contributed by atoms with Crippen molar-refractivity contribution >= 4 is 10.0 Å². The molecular formula is C8H18FNO2S. The fourth-order valence-corrected chi connectivity index (χ4v) is 2.13. The van der Waals surface area contributed by atoms with Crippen LogP contribution in [0.2, 0.25) is 0 Å². The standard InChI is InChI=1S/C8H18FNO2S/c1-2-3-4-5-8(6-7-9)13(10,11)12/h8H,2-7H2,1H3,(H2,10,11,12). The lowest BCUT2D eigenvalue weighted by molar-refractivity contribution is 0.445. The molecule has 0 rings (SSSR count). The van der Waals surface area contributed by atoms with E-state index in [1.54, 1.807) is 0 Å². The molecule has 0 fully saturated rings. The summed E-state index contributed by atoms with van der Waals surface area (Å²) in [5, 5.41) is 4.26. The minimum absolute atomic E-state index is 0.0303. The number of alkyl halides is 1. The van der Waals surface area contributed by atoms with E-state index in [1.807, 2.05) is 6.92 Å². The van der Waals surface area contributed by atoms with E-state index in [0.717, 1.165) is 19.3 Å². The third-order valence-corrected chi connectivity index (χ3v) is 3.43. The zero-order valence-corrected chi connectivity index (χ0v) is 8.82. The Morgan fingerprint density at radius 1 is 1.31 bits per heavy atom. The Balaban J connectivity index is 3.96. The molecule has 1 atom stereocenters. The fourth-order valence-electron chi connectivity index (χ4n) is 1.22. The van der Waals surface area contributed by atoms with Crippen molar-refractivity contribution in [2.75, 3.05) is 6.67 Å². The van der Waals surface area contributed by atoms with Crippen LogP contribution in [0.5, 0.6) is 0 Å². The smallest absolute Gasteiger partial charge is 0.212 e. The molecule has 0 heterocycles.